The third kappa shape index (κ3) is 7.05. The molecular weight excluding hydrogens is 548 g/mol. The van der Waals surface area contributed by atoms with Crippen molar-refractivity contribution in [2.75, 3.05) is 39.4 Å². The van der Waals surface area contributed by atoms with Crippen molar-refractivity contribution in [2.45, 2.75) is 39.5 Å². The molecule has 1 aliphatic rings. The number of aromatic nitrogens is 2. The van der Waals surface area contributed by atoms with Crippen LogP contribution in [0.3, 0.4) is 0 Å². The number of para-hydroxylation sites is 2. The normalized spacial score (nSPS) is 14.7. The molecule has 2 N–H and O–H groups in total. The van der Waals surface area contributed by atoms with Crippen LogP contribution in [0.4, 0.5) is 0 Å². The first-order chi connectivity index (χ1) is 20.7. The van der Waals surface area contributed by atoms with E-state index in [1.54, 1.807) is 27.7 Å². The Morgan fingerprint density at radius 1 is 1.00 bits per heavy atom. The maximum absolute atomic E-state index is 14.1. The smallest absolute Gasteiger partial charge is 0.266 e. The van der Waals surface area contributed by atoms with Crippen LogP contribution in [-0.4, -0.2) is 81.0 Å². The van der Waals surface area contributed by atoms with Crippen molar-refractivity contribution < 1.29 is 24.5 Å². The zero-order valence-corrected chi connectivity index (χ0v) is 24.8. The third-order valence-electron chi connectivity index (χ3n) is 7.46. The van der Waals surface area contributed by atoms with E-state index in [0.29, 0.717) is 72.2 Å². The molecule has 0 spiro atoms. The molecule has 1 aliphatic heterocycles. The summed E-state index contributed by atoms with van der Waals surface area (Å²) >= 11 is 0. The van der Waals surface area contributed by atoms with Crippen LogP contribution in [0.1, 0.15) is 36.9 Å². The van der Waals surface area contributed by atoms with Gasteiger partial charge < -0.3 is 24.6 Å². The molecule has 10 heteroatoms. The molecule has 1 atom stereocenters. The summed E-state index contributed by atoms with van der Waals surface area (Å²) in [7, 11) is 0. The fourth-order valence-corrected chi connectivity index (χ4v) is 5.14. The van der Waals surface area contributed by atoms with Gasteiger partial charge in [0.25, 0.3) is 11.5 Å². The molecule has 0 radical (unpaired) electrons. The zero-order chi connectivity index (χ0) is 30.5. The number of hydrogen-bond donors (Lipinski definition) is 2. The zero-order valence-electron chi connectivity index (χ0n) is 24.8. The first kappa shape index (κ1) is 30.2. The number of carbonyl (C=O) groups excluding carboxylic acids is 1. The summed E-state index contributed by atoms with van der Waals surface area (Å²) in [6.45, 7) is 8.03. The van der Waals surface area contributed by atoms with Crippen LogP contribution < -0.4 is 15.0 Å². The van der Waals surface area contributed by atoms with Gasteiger partial charge in [0, 0.05) is 26.2 Å². The van der Waals surface area contributed by atoms with Gasteiger partial charge in [-0.2, -0.15) is 0 Å². The Morgan fingerprint density at radius 3 is 2.42 bits per heavy atom. The highest BCUT2D eigenvalue weighted by Crippen LogP contribution is 2.26. The predicted molar refractivity (Wildman–Crippen MR) is 164 cm³/mol. The number of benzene rings is 3. The Balaban J connectivity index is 1.39. The molecule has 0 bridgehead atoms. The molecule has 5 rings (SSSR count). The topological polar surface area (TPSA) is 117 Å². The lowest BCUT2D eigenvalue weighted by Crippen LogP contribution is -2.50. The molecule has 3 aromatic carbocycles. The van der Waals surface area contributed by atoms with Gasteiger partial charge in [-0.3, -0.25) is 19.1 Å². The summed E-state index contributed by atoms with van der Waals surface area (Å²) in [5.74, 6) is 1.69. The minimum Gasteiger partial charge on any atom is -0.489 e. The van der Waals surface area contributed by atoms with E-state index < -0.39 is 12.7 Å². The van der Waals surface area contributed by atoms with Crippen LogP contribution in [0.25, 0.3) is 16.6 Å². The van der Waals surface area contributed by atoms with Crippen LogP contribution in [0.5, 0.6) is 11.5 Å². The van der Waals surface area contributed by atoms with Gasteiger partial charge >= 0.3 is 0 Å². The minimum absolute atomic E-state index is 0.0194. The van der Waals surface area contributed by atoms with Crippen LogP contribution in [0, 0.1) is 6.92 Å². The Kier molecular flexibility index (Phi) is 9.40. The lowest BCUT2D eigenvalue weighted by atomic mass is 10.1. The van der Waals surface area contributed by atoms with Crippen molar-refractivity contribution in [1.82, 2.24) is 19.4 Å². The molecule has 2 heterocycles. The van der Waals surface area contributed by atoms with Crippen molar-refractivity contribution in [3.05, 3.63) is 94.0 Å². The largest absolute Gasteiger partial charge is 0.489 e. The van der Waals surface area contributed by atoms with Crippen molar-refractivity contribution in [3.8, 4) is 17.2 Å². The van der Waals surface area contributed by atoms with Gasteiger partial charge in [0.15, 0.2) is 6.61 Å². The second-order valence-corrected chi connectivity index (χ2v) is 11.0. The molecule has 0 saturated carbocycles. The van der Waals surface area contributed by atoms with Gasteiger partial charge in [0.05, 0.1) is 35.8 Å². The molecule has 0 aliphatic carbocycles. The van der Waals surface area contributed by atoms with E-state index in [1.807, 2.05) is 69.3 Å². The average Bonchev–Trinajstić information content (AvgIpc) is 3.01. The van der Waals surface area contributed by atoms with Gasteiger partial charge in [0.2, 0.25) is 0 Å². The number of aryl methyl sites for hydroxylation is 1. The molecule has 10 nitrogen and oxygen atoms in total. The number of fused-ring (bicyclic) bond motifs is 1. The highest BCUT2D eigenvalue weighted by Gasteiger charge is 2.25. The third-order valence-corrected chi connectivity index (χ3v) is 7.46. The number of carbonyl (C=O) groups is 1. The van der Waals surface area contributed by atoms with Gasteiger partial charge in [0.1, 0.15) is 23.4 Å². The number of hydrogen-bond acceptors (Lipinski definition) is 8. The van der Waals surface area contributed by atoms with Gasteiger partial charge in [-0.05, 0) is 62.7 Å². The second kappa shape index (κ2) is 13.4. The Labute approximate surface area is 250 Å². The molecular formula is C33H38N4O6. The summed E-state index contributed by atoms with van der Waals surface area (Å²) in [5.41, 5.74) is 2.33. The van der Waals surface area contributed by atoms with Crippen molar-refractivity contribution >= 4 is 16.8 Å². The van der Waals surface area contributed by atoms with Gasteiger partial charge in [-0.15, -0.1) is 0 Å². The quantitative estimate of drug-likeness (QED) is 0.291. The fourth-order valence-electron chi connectivity index (χ4n) is 5.14. The molecule has 226 valence electrons. The monoisotopic (exact) mass is 586 g/mol. The SMILES string of the molecule is Cc1ccc(OCC(=O)N2CCN(Cc3nc4ccc(C(O)CO)cc4c(=O)n3-c3ccccc3OC(C)C)CC2)cc1. The molecule has 1 unspecified atom stereocenters. The molecule has 4 aromatic rings. The van der Waals surface area contributed by atoms with E-state index in [9.17, 15) is 19.8 Å². The number of rotatable bonds is 10. The van der Waals surface area contributed by atoms with Crippen molar-refractivity contribution in [1.29, 1.82) is 0 Å². The molecule has 1 amide bonds. The van der Waals surface area contributed by atoms with Gasteiger partial charge in [-0.25, -0.2) is 4.98 Å². The highest BCUT2D eigenvalue weighted by atomic mass is 16.5. The van der Waals surface area contributed by atoms with Crippen molar-refractivity contribution in [2.24, 2.45) is 0 Å². The maximum Gasteiger partial charge on any atom is 0.266 e. The van der Waals surface area contributed by atoms with Crippen molar-refractivity contribution in [3.63, 3.8) is 0 Å². The Morgan fingerprint density at radius 2 is 1.72 bits per heavy atom. The van der Waals surface area contributed by atoms with Crippen LogP contribution in [-0.2, 0) is 11.3 Å². The number of nitrogens with zero attached hydrogens (tertiary/aromatic N) is 4. The van der Waals surface area contributed by atoms with E-state index in [2.05, 4.69) is 4.90 Å². The predicted octanol–water partition coefficient (Wildman–Crippen LogP) is 3.23. The first-order valence-electron chi connectivity index (χ1n) is 14.5. The van der Waals surface area contributed by atoms with E-state index in [1.165, 1.54) is 0 Å². The number of ether oxygens (including phenoxy) is 2. The Hall–Kier alpha value is -4.25. The van der Waals surface area contributed by atoms with Crippen LogP contribution >= 0.6 is 0 Å². The summed E-state index contributed by atoms with van der Waals surface area (Å²) in [4.78, 5) is 35.8. The fraction of sp³-hybridized carbons (Fsp3) is 0.364. The molecule has 1 saturated heterocycles. The standard InChI is InChI=1S/C33H38N4O6/c1-22(2)43-30-7-5-4-6-28(30)37-31(34-27-13-10-24(29(39)20-38)18-26(27)33(37)41)19-35-14-16-36(17-15-35)32(40)21-42-25-11-8-23(3)9-12-25/h4-13,18,22,29,38-39H,14-17,19-21H2,1-3H3. The van der Waals surface area contributed by atoms with Gasteiger partial charge in [-0.1, -0.05) is 35.9 Å². The average molecular weight is 587 g/mol. The van der Waals surface area contributed by atoms with E-state index in [-0.39, 0.29) is 24.2 Å². The number of piperazine rings is 1. The Bertz CT molecular complexity index is 1630. The summed E-state index contributed by atoms with van der Waals surface area (Å²) in [6, 6.07) is 19.9. The molecule has 1 aromatic heterocycles. The second-order valence-electron chi connectivity index (χ2n) is 11.0. The number of amides is 1. The van der Waals surface area contributed by atoms with E-state index in [0.717, 1.165) is 5.56 Å². The minimum atomic E-state index is -1.10. The lowest BCUT2D eigenvalue weighted by Gasteiger charge is -2.34. The lowest BCUT2D eigenvalue weighted by molar-refractivity contribution is -0.135. The maximum atomic E-state index is 14.1. The van der Waals surface area contributed by atoms with Crippen LogP contribution in [0.2, 0.25) is 0 Å². The summed E-state index contributed by atoms with van der Waals surface area (Å²) < 4.78 is 13.3. The number of aliphatic hydroxyl groups excluding tert-OH is 2. The summed E-state index contributed by atoms with van der Waals surface area (Å²) in [5, 5.41) is 20.0. The van der Waals surface area contributed by atoms with E-state index >= 15 is 0 Å². The first-order valence-corrected chi connectivity index (χ1v) is 14.5. The van der Waals surface area contributed by atoms with Crippen LogP contribution in [0.15, 0.2) is 71.5 Å². The van der Waals surface area contributed by atoms with E-state index in [4.69, 9.17) is 14.5 Å². The highest BCUT2D eigenvalue weighted by molar-refractivity contribution is 5.79. The molecule has 43 heavy (non-hydrogen) atoms. The molecule has 1 fully saturated rings. The summed E-state index contributed by atoms with van der Waals surface area (Å²) in [6.07, 6.45) is -1.21. The number of aliphatic hydroxyl groups is 2.